The Balaban J connectivity index is 1.89. The van der Waals surface area contributed by atoms with Crippen molar-refractivity contribution >= 4 is 34.9 Å². The highest BCUT2D eigenvalue weighted by atomic mass is 35.5. The van der Waals surface area contributed by atoms with Gasteiger partial charge in [-0.1, -0.05) is 23.7 Å². The monoisotopic (exact) mass is 350 g/mol. The van der Waals surface area contributed by atoms with Crippen LogP contribution in [0.2, 0.25) is 5.02 Å². The first-order chi connectivity index (χ1) is 11.5. The van der Waals surface area contributed by atoms with Crippen LogP contribution in [-0.4, -0.2) is 25.5 Å². The lowest BCUT2D eigenvalue weighted by molar-refractivity contribution is -0.115. The minimum absolute atomic E-state index is 0.0575. The highest BCUT2D eigenvalue weighted by molar-refractivity contribution is 6.31. The summed E-state index contributed by atoms with van der Waals surface area (Å²) in [6.45, 7) is 0.314. The molecule has 0 aliphatic carbocycles. The number of nitrogens with one attached hydrogen (secondary N) is 2. The molecule has 1 amide bonds. The Kier molecular flexibility index (Phi) is 6.14. The fraction of sp³-hybridized carbons (Fsp3) is 0.176. The van der Waals surface area contributed by atoms with Crippen molar-refractivity contribution in [1.82, 2.24) is 0 Å². The molecule has 2 N–H and O–H groups in total. The fourth-order valence-corrected chi connectivity index (χ4v) is 2.21. The number of hydrogen-bond acceptors (Lipinski definition) is 4. The number of rotatable bonds is 6. The quantitative estimate of drug-likeness (QED) is 0.779. The fourth-order valence-electron chi connectivity index (χ4n) is 2.03. The van der Waals surface area contributed by atoms with Crippen LogP contribution in [0.15, 0.2) is 42.5 Å². The molecule has 5 nitrogen and oxygen atoms in total. The Labute approximate surface area is 143 Å². The van der Waals surface area contributed by atoms with Gasteiger partial charge in [-0.3, -0.25) is 4.79 Å². The van der Waals surface area contributed by atoms with E-state index in [0.29, 0.717) is 23.5 Å². The Morgan fingerprint density at radius 3 is 2.67 bits per heavy atom. The second-order valence-corrected chi connectivity index (χ2v) is 5.30. The molecule has 2 rings (SSSR count). The molecule has 24 heavy (non-hydrogen) atoms. The summed E-state index contributed by atoms with van der Waals surface area (Å²) in [6.07, 6.45) is 0.157. The third-order valence-corrected chi connectivity index (χ3v) is 3.49. The van der Waals surface area contributed by atoms with Gasteiger partial charge in [0.1, 0.15) is 5.82 Å². The minimum Gasteiger partial charge on any atom is -0.465 e. The molecule has 0 saturated heterocycles. The van der Waals surface area contributed by atoms with Crippen LogP contribution in [0, 0.1) is 5.82 Å². The summed E-state index contributed by atoms with van der Waals surface area (Å²) >= 11 is 5.66. The van der Waals surface area contributed by atoms with Crippen molar-refractivity contribution in [3.05, 3.63) is 58.9 Å². The standard InChI is InChI=1S/C17H16ClFN2O3/c1-24-17(23)12-4-2-3-5-15(12)20-9-8-16(22)21-11-6-7-14(19)13(18)10-11/h2-7,10,20H,8-9H2,1H3,(H,21,22). The Morgan fingerprint density at radius 1 is 1.21 bits per heavy atom. The van der Waals surface area contributed by atoms with Crippen molar-refractivity contribution < 1.29 is 18.7 Å². The van der Waals surface area contributed by atoms with E-state index in [0.717, 1.165) is 0 Å². The SMILES string of the molecule is COC(=O)c1ccccc1NCCC(=O)Nc1ccc(F)c(Cl)c1. The maximum atomic E-state index is 13.1. The number of ether oxygens (including phenoxy) is 1. The molecule has 2 aromatic carbocycles. The van der Waals surface area contributed by atoms with E-state index in [4.69, 9.17) is 16.3 Å². The summed E-state index contributed by atoms with van der Waals surface area (Å²) < 4.78 is 17.8. The second kappa shape index (κ2) is 8.31. The van der Waals surface area contributed by atoms with Crippen LogP contribution in [0.25, 0.3) is 0 Å². The molecule has 0 radical (unpaired) electrons. The van der Waals surface area contributed by atoms with Crippen molar-refractivity contribution in [3.8, 4) is 0 Å². The van der Waals surface area contributed by atoms with Crippen molar-refractivity contribution in [1.29, 1.82) is 0 Å². The van der Waals surface area contributed by atoms with E-state index in [1.165, 1.54) is 25.3 Å². The van der Waals surface area contributed by atoms with Crippen molar-refractivity contribution in [2.75, 3.05) is 24.3 Å². The lowest BCUT2D eigenvalue weighted by Crippen LogP contribution is -2.17. The first kappa shape index (κ1) is 17.7. The molecule has 0 aromatic heterocycles. The van der Waals surface area contributed by atoms with Crippen LogP contribution in [0.5, 0.6) is 0 Å². The highest BCUT2D eigenvalue weighted by Gasteiger charge is 2.11. The van der Waals surface area contributed by atoms with Gasteiger partial charge in [-0.25, -0.2) is 9.18 Å². The zero-order chi connectivity index (χ0) is 17.5. The number of carbonyl (C=O) groups excluding carboxylic acids is 2. The predicted molar refractivity (Wildman–Crippen MR) is 90.9 cm³/mol. The number of esters is 1. The summed E-state index contributed by atoms with van der Waals surface area (Å²) in [6, 6.07) is 10.8. The zero-order valence-corrected chi connectivity index (χ0v) is 13.7. The zero-order valence-electron chi connectivity index (χ0n) is 12.9. The van der Waals surface area contributed by atoms with Gasteiger partial charge in [0.15, 0.2) is 0 Å². The van der Waals surface area contributed by atoms with E-state index in [-0.39, 0.29) is 17.4 Å². The first-order valence-electron chi connectivity index (χ1n) is 7.17. The molecular formula is C17H16ClFN2O3. The number of carbonyl (C=O) groups is 2. The Morgan fingerprint density at radius 2 is 1.96 bits per heavy atom. The first-order valence-corrected chi connectivity index (χ1v) is 7.55. The minimum atomic E-state index is -0.546. The molecule has 126 valence electrons. The molecule has 7 heteroatoms. The van der Waals surface area contributed by atoms with Gasteiger partial charge < -0.3 is 15.4 Å². The largest absolute Gasteiger partial charge is 0.465 e. The lowest BCUT2D eigenvalue weighted by Gasteiger charge is -2.11. The van der Waals surface area contributed by atoms with E-state index in [1.807, 2.05) is 0 Å². The Hall–Kier alpha value is -2.60. The van der Waals surface area contributed by atoms with Gasteiger partial charge in [0.25, 0.3) is 0 Å². The van der Waals surface area contributed by atoms with Crippen LogP contribution in [0.4, 0.5) is 15.8 Å². The molecule has 0 fully saturated rings. The van der Waals surface area contributed by atoms with Crippen LogP contribution in [-0.2, 0) is 9.53 Å². The molecule has 0 bridgehead atoms. The summed E-state index contributed by atoms with van der Waals surface area (Å²) in [5.74, 6) is -1.26. The van der Waals surface area contributed by atoms with E-state index >= 15 is 0 Å². The average Bonchev–Trinajstić information content (AvgIpc) is 2.58. The van der Waals surface area contributed by atoms with Crippen LogP contribution < -0.4 is 10.6 Å². The Bertz CT molecular complexity index is 752. The van der Waals surface area contributed by atoms with E-state index in [2.05, 4.69) is 10.6 Å². The average molecular weight is 351 g/mol. The molecule has 0 heterocycles. The summed E-state index contributed by atoms with van der Waals surface area (Å²) in [5, 5.41) is 5.58. The third-order valence-electron chi connectivity index (χ3n) is 3.20. The number of methoxy groups -OCH3 is 1. The van der Waals surface area contributed by atoms with Crippen LogP contribution >= 0.6 is 11.6 Å². The maximum Gasteiger partial charge on any atom is 0.339 e. The predicted octanol–water partition coefficient (Wildman–Crippen LogP) is 3.71. The normalized spacial score (nSPS) is 10.1. The summed E-state index contributed by atoms with van der Waals surface area (Å²) in [4.78, 5) is 23.5. The van der Waals surface area contributed by atoms with E-state index in [9.17, 15) is 14.0 Å². The van der Waals surface area contributed by atoms with Gasteiger partial charge in [-0.05, 0) is 30.3 Å². The van der Waals surface area contributed by atoms with E-state index < -0.39 is 11.8 Å². The molecular weight excluding hydrogens is 335 g/mol. The lowest BCUT2D eigenvalue weighted by atomic mass is 10.2. The number of amides is 1. The maximum absolute atomic E-state index is 13.1. The van der Waals surface area contributed by atoms with Gasteiger partial charge in [-0.15, -0.1) is 0 Å². The molecule has 2 aromatic rings. The number of para-hydroxylation sites is 1. The smallest absolute Gasteiger partial charge is 0.339 e. The number of hydrogen-bond donors (Lipinski definition) is 2. The summed E-state index contributed by atoms with van der Waals surface area (Å²) in [5.41, 5.74) is 1.40. The van der Waals surface area contributed by atoms with Gasteiger partial charge in [0.2, 0.25) is 5.91 Å². The topological polar surface area (TPSA) is 67.4 Å². The molecule has 0 spiro atoms. The molecule has 0 aliphatic heterocycles. The van der Waals surface area contributed by atoms with Crippen molar-refractivity contribution in [3.63, 3.8) is 0 Å². The van der Waals surface area contributed by atoms with Crippen molar-refractivity contribution in [2.45, 2.75) is 6.42 Å². The number of benzene rings is 2. The molecule has 0 atom stereocenters. The van der Waals surface area contributed by atoms with Crippen molar-refractivity contribution in [2.24, 2.45) is 0 Å². The van der Waals surface area contributed by atoms with E-state index in [1.54, 1.807) is 24.3 Å². The molecule has 0 unspecified atom stereocenters. The van der Waals surface area contributed by atoms with Crippen LogP contribution in [0.3, 0.4) is 0 Å². The summed E-state index contributed by atoms with van der Waals surface area (Å²) in [7, 11) is 1.31. The second-order valence-electron chi connectivity index (χ2n) is 4.89. The van der Waals surface area contributed by atoms with Crippen LogP contribution in [0.1, 0.15) is 16.8 Å². The van der Waals surface area contributed by atoms with Gasteiger partial charge in [-0.2, -0.15) is 0 Å². The third kappa shape index (κ3) is 4.70. The molecule has 0 saturated carbocycles. The number of halogens is 2. The van der Waals surface area contributed by atoms with Gasteiger partial charge in [0, 0.05) is 24.3 Å². The number of anilines is 2. The molecule has 0 aliphatic rings. The van der Waals surface area contributed by atoms with Gasteiger partial charge >= 0.3 is 5.97 Å². The highest BCUT2D eigenvalue weighted by Crippen LogP contribution is 2.19. The van der Waals surface area contributed by atoms with Gasteiger partial charge in [0.05, 0.1) is 17.7 Å².